The van der Waals surface area contributed by atoms with Crippen molar-refractivity contribution in [2.45, 2.75) is 45.1 Å². The Morgan fingerprint density at radius 1 is 1.00 bits per heavy atom. The molecule has 1 aliphatic heterocycles. The van der Waals surface area contributed by atoms with Crippen molar-refractivity contribution in [1.82, 2.24) is 14.9 Å². The van der Waals surface area contributed by atoms with Crippen molar-refractivity contribution in [1.29, 1.82) is 0 Å². The van der Waals surface area contributed by atoms with E-state index in [0.29, 0.717) is 17.3 Å². The highest BCUT2D eigenvalue weighted by Gasteiger charge is 2.30. The molecule has 2 heterocycles. The fraction of sp³-hybridized carbons (Fsp3) is 0.360. The van der Waals surface area contributed by atoms with Gasteiger partial charge in [-0.15, -0.1) is 0 Å². The molecule has 0 bridgehead atoms. The molecule has 0 saturated carbocycles. The first-order valence-corrected chi connectivity index (χ1v) is 11.1. The molecule has 174 valence electrons. The van der Waals surface area contributed by atoms with Gasteiger partial charge >= 0.3 is 6.18 Å². The maximum absolute atomic E-state index is 13.0. The summed E-state index contributed by atoms with van der Waals surface area (Å²) in [4.78, 5) is 11.4. The number of aromatic nitrogens is 2. The van der Waals surface area contributed by atoms with Crippen molar-refractivity contribution >= 4 is 11.8 Å². The molecule has 8 heteroatoms. The van der Waals surface area contributed by atoms with E-state index in [2.05, 4.69) is 49.8 Å². The summed E-state index contributed by atoms with van der Waals surface area (Å²) in [7, 11) is 0. The summed E-state index contributed by atoms with van der Waals surface area (Å²) in [6, 6.07) is 16.1. The molecule has 3 aromatic rings. The van der Waals surface area contributed by atoms with E-state index in [0.717, 1.165) is 50.2 Å². The van der Waals surface area contributed by atoms with Crippen LogP contribution in [0.15, 0.2) is 60.8 Å². The molecule has 2 N–H and O–H groups in total. The molecule has 0 unspecified atom stereocenters. The molecule has 0 spiro atoms. The number of rotatable bonds is 7. The summed E-state index contributed by atoms with van der Waals surface area (Å²) >= 11 is 0. The molecule has 1 fully saturated rings. The van der Waals surface area contributed by atoms with Crippen molar-refractivity contribution in [2.24, 2.45) is 0 Å². The Labute approximate surface area is 192 Å². The number of anilines is 2. The number of benzene rings is 2. The van der Waals surface area contributed by atoms with Gasteiger partial charge in [-0.1, -0.05) is 42.5 Å². The molecule has 33 heavy (non-hydrogen) atoms. The van der Waals surface area contributed by atoms with Gasteiger partial charge in [0.15, 0.2) is 0 Å². The van der Waals surface area contributed by atoms with Crippen LogP contribution < -0.4 is 10.6 Å². The Morgan fingerprint density at radius 2 is 1.73 bits per heavy atom. The van der Waals surface area contributed by atoms with Crippen LogP contribution in [0.2, 0.25) is 0 Å². The second kappa shape index (κ2) is 10.2. The van der Waals surface area contributed by atoms with Crippen LogP contribution in [-0.2, 0) is 19.3 Å². The molecule has 0 atom stereocenters. The summed E-state index contributed by atoms with van der Waals surface area (Å²) in [5, 5.41) is 6.58. The average molecular weight is 456 g/mol. The number of aryl methyl sites for hydroxylation is 1. The molecule has 5 nitrogen and oxygen atoms in total. The zero-order valence-corrected chi connectivity index (χ0v) is 18.6. The van der Waals surface area contributed by atoms with E-state index in [1.807, 2.05) is 13.0 Å². The van der Waals surface area contributed by atoms with Crippen LogP contribution in [-0.4, -0.2) is 34.0 Å². The lowest BCUT2D eigenvalue weighted by Gasteiger charge is -2.32. The first-order valence-electron chi connectivity index (χ1n) is 11.1. The number of piperidine rings is 1. The van der Waals surface area contributed by atoms with Crippen LogP contribution in [0.1, 0.15) is 35.1 Å². The highest BCUT2D eigenvalue weighted by Crippen LogP contribution is 2.29. The Kier molecular flexibility index (Phi) is 7.13. The predicted octanol–water partition coefficient (Wildman–Crippen LogP) is 5.49. The van der Waals surface area contributed by atoms with Gasteiger partial charge in [0.2, 0.25) is 5.95 Å². The fourth-order valence-electron chi connectivity index (χ4n) is 3.99. The summed E-state index contributed by atoms with van der Waals surface area (Å²) in [6.07, 6.45) is -0.628. The van der Waals surface area contributed by atoms with Crippen molar-refractivity contribution in [3.8, 4) is 0 Å². The van der Waals surface area contributed by atoms with Gasteiger partial charge in [-0.2, -0.15) is 18.2 Å². The first kappa shape index (κ1) is 23.0. The molecule has 1 saturated heterocycles. The third-order valence-corrected chi connectivity index (χ3v) is 5.86. The van der Waals surface area contributed by atoms with Gasteiger partial charge in [-0.05, 0) is 43.0 Å². The zero-order valence-electron chi connectivity index (χ0n) is 18.6. The van der Waals surface area contributed by atoms with Crippen LogP contribution in [0.25, 0.3) is 0 Å². The maximum atomic E-state index is 13.0. The van der Waals surface area contributed by atoms with E-state index in [1.165, 1.54) is 11.6 Å². The summed E-state index contributed by atoms with van der Waals surface area (Å²) < 4.78 is 38.9. The minimum Gasteiger partial charge on any atom is -0.366 e. The SMILES string of the molecule is Cc1cnc(NC2CCN(Cc3ccccc3)CC2)nc1NCc1cccc(C(F)(F)F)c1. The minimum atomic E-state index is -4.35. The Morgan fingerprint density at radius 3 is 2.45 bits per heavy atom. The maximum Gasteiger partial charge on any atom is 0.416 e. The smallest absolute Gasteiger partial charge is 0.366 e. The fourth-order valence-corrected chi connectivity index (χ4v) is 3.99. The van der Waals surface area contributed by atoms with Crippen LogP contribution in [0.3, 0.4) is 0 Å². The molecule has 0 aliphatic carbocycles. The Bertz CT molecular complexity index is 1050. The van der Waals surface area contributed by atoms with Crippen molar-refractivity contribution in [2.75, 3.05) is 23.7 Å². The summed E-state index contributed by atoms with van der Waals surface area (Å²) in [5.41, 5.74) is 2.05. The summed E-state index contributed by atoms with van der Waals surface area (Å²) in [5.74, 6) is 1.15. The topological polar surface area (TPSA) is 53.1 Å². The van der Waals surface area contributed by atoms with E-state index >= 15 is 0 Å². The monoisotopic (exact) mass is 455 g/mol. The second-order valence-corrected chi connectivity index (χ2v) is 8.46. The van der Waals surface area contributed by atoms with E-state index in [4.69, 9.17) is 0 Å². The zero-order chi connectivity index (χ0) is 23.3. The lowest BCUT2D eigenvalue weighted by atomic mass is 10.0. The molecule has 2 aromatic carbocycles. The number of nitrogens with zero attached hydrogens (tertiary/aromatic N) is 3. The van der Waals surface area contributed by atoms with Crippen LogP contribution in [0.5, 0.6) is 0 Å². The Balaban J connectivity index is 1.31. The second-order valence-electron chi connectivity index (χ2n) is 8.46. The minimum absolute atomic E-state index is 0.249. The standard InChI is InChI=1S/C25H28F3N5/c1-18-15-30-24(31-22-10-12-33(13-11-22)17-19-6-3-2-4-7-19)32-23(18)29-16-20-8-5-9-21(14-20)25(26,27)28/h2-9,14-15,22H,10-13,16-17H2,1H3,(H2,29,30,31,32). The number of hydrogen-bond donors (Lipinski definition) is 2. The van der Waals surface area contributed by atoms with Gasteiger partial charge in [0, 0.05) is 44.0 Å². The van der Waals surface area contributed by atoms with Crippen LogP contribution in [0.4, 0.5) is 24.9 Å². The molecule has 1 aliphatic rings. The average Bonchev–Trinajstić information content (AvgIpc) is 2.81. The van der Waals surface area contributed by atoms with Crippen molar-refractivity contribution in [3.63, 3.8) is 0 Å². The summed E-state index contributed by atoms with van der Waals surface area (Å²) in [6.45, 7) is 5.08. The molecule has 0 amide bonds. The van der Waals surface area contributed by atoms with E-state index in [9.17, 15) is 13.2 Å². The van der Waals surface area contributed by atoms with Crippen LogP contribution in [0, 0.1) is 6.92 Å². The van der Waals surface area contributed by atoms with E-state index in [-0.39, 0.29) is 12.6 Å². The molecular weight excluding hydrogens is 427 g/mol. The largest absolute Gasteiger partial charge is 0.416 e. The molecule has 0 radical (unpaired) electrons. The van der Waals surface area contributed by atoms with Crippen molar-refractivity contribution < 1.29 is 13.2 Å². The first-order chi connectivity index (χ1) is 15.9. The van der Waals surface area contributed by atoms with E-state index in [1.54, 1.807) is 12.3 Å². The van der Waals surface area contributed by atoms with E-state index < -0.39 is 11.7 Å². The highest BCUT2D eigenvalue weighted by atomic mass is 19.4. The third-order valence-electron chi connectivity index (χ3n) is 5.86. The van der Waals surface area contributed by atoms with Gasteiger partial charge in [0.05, 0.1) is 5.56 Å². The van der Waals surface area contributed by atoms with Gasteiger partial charge in [0.1, 0.15) is 5.82 Å². The normalized spacial score (nSPS) is 15.4. The molecule has 1 aromatic heterocycles. The van der Waals surface area contributed by atoms with Gasteiger partial charge in [0.25, 0.3) is 0 Å². The van der Waals surface area contributed by atoms with Gasteiger partial charge < -0.3 is 10.6 Å². The predicted molar refractivity (Wildman–Crippen MR) is 124 cm³/mol. The lowest BCUT2D eigenvalue weighted by molar-refractivity contribution is -0.137. The van der Waals surface area contributed by atoms with Gasteiger partial charge in [-0.25, -0.2) is 4.98 Å². The quantitative estimate of drug-likeness (QED) is 0.493. The lowest BCUT2D eigenvalue weighted by Crippen LogP contribution is -2.39. The third kappa shape index (κ3) is 6.44. The number of likely N-dealkylation sites (tertiary alicyclic amines) is 1. The number of halogens is 3. The molecule has 4 rings (SSSR count). The Hall–Kier alpha value is -3.13. The number of nitrogens with one attached hydrogen (secondary N) is 2. The number of alkyl halides is 3. The highest BCUT2D eigenvalue weighted by molar-refractivity contribution is 5.47. The van der Waals surface area contributed by atoms with Gasteiger partial charge in [-0.3, -0.25) is 4.90 Å². The van der Waals surface area contributed by atoms with Crippen LogP contribution >= 0.6 is 0 Å². The number of hydrogen-bond acceptors (Lipinski definition) is 5. The van der Waals surface area contributed by atoms with Crippen molar-refractivity contribution in [3.05, 3.63) is 83.0 Å². The molecular formula is C25H28F3N5.